The number of hydrogen-bond donors (Lipinski definition) is 1. The van der Waals surface area contributed by atoms with Gasteiger partial charge in [-0.3, -0.25) is 4.79 Å². The van der Waals surface area contributed by atoms with Gasteiger partial charge in [0.15, 0.2) is 0 Å². The van der Waals surface area contributed by atoms with Gasteiger partial charge in [0.05, 0.1) is 5.60 Å². The van der Waals surface area contributed by atoms with E-state index in [9.17, 15) is 14.7 Å². The molecule has 2 atom stereocenters. The molecular weight excluding hydrogens is 490 g/mol. The van der Waals surface area contributed by atoms with Crippen LogP contribution in [-0.4, -0.2) is 34.6 Å². The quantitative estimate of drug-likeness (QED) is 0.417. The van der Waals surface area contributed by atoms with Crippen LogP contribution in [0.3, 0.4) is 0 Å². The van der Waals surface area contributed by atoms with Gasteiger partial charge in [-0.05, 0) is 74.9 Å². The number of hydrogen-bond acceptors (Lipinski definition) is 5. The van der Waals surface area contributed by atoms with E-state index in [2.05, 4.69) is 0 Å². The van der Waals surface area contributed by atoms with Crippen molar-refractivity contribution in [1.29, 1.82) is 0 Å². The van der Waals surface area contributed by atoms with Crippen LogP contribution in [0.1, 0.15) is 60.8 Å². The van der Waals surface area contributed by atoms with E-state index in [1.165, 1.54) is 0 Å². The molecule has 1 saturated heterocycles. The summed E-state index contributed by atoms with van der Waals surface area (Å²) in [6.07, 6.45) is 5.21. The fourth-order valence-corrected chi connectivity index (χ4v) is 6.07. The number of carbonyl (C=O) groups is 1. The third-order valence-electron chi connectivity index (χ3n) is 8.33. The van der Waals surface area contributed by atoms with E-state index < -0.39 is 11.2 Å². The molecule has 1 amide bonds. The van der Waals surface area contributed by atoms with E-state index in [-0.39, 0.29) is 18.2 Å². The molecule has 2 aromatic carbocycles. The summed E-state index contributed by atoms with van der Waals surface area (Å²) >= 11 is 5.96. The van der Waals surface area contributed by atoms with Gasteiger partial charge in [0, 0.05) is 47.0 Å². The molecule has 2 aliphatic rings. The number of fused-ring (bicyclic) bond motifs is 2. The average Bonchev–Trinajstić information content (AvgIpc) is 2.89. The number of carbonyl (C=O) groups excluding carboxylic acids is 1. The van der Waals surface area contributed by atoms with Crippen LogP contribution in [0.25, 0.3) is 11.0 Å². The van der Waals surface area contributed by atoms with Crippen molar-refractivity contribution >= 4 is 28.5 Å². The smallest absolute Gasteiger partial charge is 0.339 e. The highest BCUT2D eigenvalue weighted by molar-refractivity contribution is 6.30. The Morgan fingerprint density at radius 1 is 1.14 bits per heavy atom. The lowest BCUT2D eigenvalue weighted by atomic mass is 9.71. The summed E-state index contributed by atoms with van der Waals surface area (Å²) in [4.78, 5) is 27.9. The Bertz CT molecular complexity index is 1370. The molecule has 6 nitrogen and oxygen atoms in total. The summed E-state index contributed by atoms with van der Waals surface area (Å²) < 4.78 is 11.8. The Kier molecular flexibility index (Phi) is 7.32. The molecule has 2 fully saturated rings. The largest absolute Gasteiger partial charge is 0.488 e. The molecule has 196 valence electrons. The van der Waals surface area contributed by atoms with Crippen LogP contribution in [0.5, 0.6) is 5.75 Å². The minimum Gasteiger partial charge on any atom is -0.488 e. The summed E-state index contributed by atoms with van der Waals surface area (Å²) in [5.74, 6) is 0.847. The van der Waals surface area contributed by atoms with Gasteiger partial charge >= 0.3 is 5.63 Å². The van der Waals surface area contributed by atoms with Gasteiger partial charge in [-0.1, -0.05) is 36.6 Å². The molecule has 2 heterocycles. The maximum absolute atomic E-state index is 13.0. The van der Waals surface area contributed by atoms with Crippen LogP contribution in [0.15, 0.2) is 45.6 Å². The Morgan fingerprint density at radius 3 is 2.70 bits per heavy atom. The van der Waals surface area contributed by atoms with Crippen LogP contribution in [0, 0.1) is 19.8 Å². The first-order valence-electron chi connectivity index (χ1n) is 13.2. The number of piperidine rings is 1. The molecule has 3 aromatic rings. The topological polar surface area (TPSA) is 80.0 Å². The molecule has 1 aliphatic carbocycles. The normalized spacial score (nSPS) is 21.6. The molecule has 7 heteroatoms. The van der Waals surface area contributed by atoms with E-state index >= 15 is 0 Å². The maximum Gasteiger partial charge on any atom is 0.339 e. The van der Waals surface area contributed by atoms with Crippen LogP contribution in [0.2, 0.25) is 5.02 Å². The summed E-state index contributed by atoms with van der Waals surface area (Å²) in [5, 5.41) is 12.4. The standard InChI is InChI=1S/C30H34ClNO5/c1-19-24-10-12-26(36-18-21-6-8-23(31)9-7-21)20(2)28(24)37-29(34)25(19)11-13-27(33)32-16-15-30(35)14-4-3-5-22(30)17-32/h6-10,12,22,35H,3-5,11,13-18H2,1-2H3/t22-,30-/m0/s1. The van der Waals surface area contributed by atoms with Gasteiger partial charge in [-0.2, -0.15) is 0 Å². The molecule has 1 saturated carbocycles. The Labute approximate surface area is 222 Å². The Morgan fingerprint density at radius 2 is 1.92 bits per heavy atom. The lowest BCUT2D eigenvalue weighted by Gasteiger charge is -2.47. The number of aliphatic hydroxyl groups is 1. The Hall–Kier alpha value is -2.83. The lowest BCUT2D eigenvalue weighted by Crippen LogP contribution is -2.54. The van der Waals surface area contributed by atoms with Gasteiger partial charge in [-0.25, -0.2) is 4.79 Å². The number of likely N-dealkylation sites (tertiary alicyclic amines) is 1. The van der Waals surface area contributed by atoms with E-state index in [0.717, 1.165) is 47.8 Å². The predicted molar refractivity (Wildman–Crippen MR) is 144 cm³/mol. The molecule has 1 aliphatic heterocycles. The summed E-state index contributed by atoms with van der Waals surface area (Å²) in [7, 11) is 0. The third-order valence-corrected chi connectivity index (χ3v) is 8.58. The van der Waals surface area contributed by atoms with Crippen LogP contribution in [0.4, 0.5) is 0 Å². The van der Waals surface area contributed by atoms with Crippen molar-refractivity contribution in [3.8, 4) is 5.75 Å². The maximum atomic E-state index is 13.0. The zero-order chi connectivity index (χ0) is 26.2. The third kappa shape index (κ3) is 5.27. The number of aryl methyl sites for hydroxylation is 2. The predicted octanol–water partition coefficient (Wildman–Crippen LogP) is 5.73. The van der Waals surface area contributed by atoms with Crippen molar-refractivity contribution in [3.05, 3.63) is 74.1 Å². The highest BCUT2D eigenvalue weighted by Gasteiger charge is 2.43. The van der Waals surface area contributed by atoms with Crippen LogP contribution < -0.4 is 10.4 Å². The molecule has 0 radical (unpaired) electrons. The number of rotatable bonds is 6. The highest BCUT2D eigenvalue weighted by Crippen LogP contribution is 2.40. The second-order valence-corrected chi connectivity index (χ2v) is 11.0. The van der Waals surface area contributed by atoms with Crippen molar-refractivity contribution < 1.29 is 19.1 Å². The van der Waals surface area contributed by atoms with Crippen molar-refractivity contribution in [2.24, 2.45) is 5.92 Å². The molecule has 0 spiro atoms. The first-order valence-corrected chi connectivity index (χ1v) is 13.6. The van der Waals surface area contributed by atoms with Crippen molar-refractivity contribution in [1.82, 2.24) is 4.90 Å². The first kappa shape index (κ1) is 25.8. The minimum atomic E-state index is -0.611. The van der Waals surface area contributed by atoms with Crippen LogP contribution >= 0.6 is 11.6 Å². The van der Waals surface area contributed by atoms with E-state index in [4.69, 9.17) is 20.8 Å². The van der Waals surface area contributed by atoms with E-state index in [1.54, 1.807) is 0 Å². The zero-order valence-corrected chi connectivity index (χ0v) is 22.3. The second-order valence-electron chi connectivity index (χ2n) is 10.6. The minimum absolute atomic E-state index is 0.0358. The van der Waals surface area contributed by atoms with E-state index in [0.29, 0.717) is 54.5 Å². The van der Waals surface area contributed by atoms with Gasteiger partial charge < -0.3 is 19.2 Å². The summed E-state index contributed by atoms with van der Waals surface area (Å²) in [5.41, 5.74) is 2.63. The van der Waals surface area contributed by atoms with Crippen molar-refractivity contribution in [2.45, 2.75) is 71.0 Å². The van der Waals surface area contributed by atoms with Crippen molar-refractivity contribution in [3.63, 3.8) is 0 Å². The van der Waals surface area contributed by atoms with Crippen LogP contribution in [-0.2, 0) is 17.8 Å². The first-order chi connectivity index (χ1) is 17.7. The molecule has 1 N–H and O–H groups in total. The molecule has 37 heavy (non-hydrogen) atoms. The fourth-order valence-electron chi connectivity index (χ4n) is 5.95. The summed E-state index contributed by atoms with van der Waals surface area (Å²) in [6.45, 7) is 5.36. The van der Waals surface area contributed by atoms with Gasteiger partial charge in [0.2, 0.25) is 5.91 Å². The molecule has 0 unspecified atom stereocenters. The van der Waals surface area contributed by atoms with Gasteiger partial charge in [-0.15, -0.1) is 0 Å². The average molecular weight is 524 g/mol. The molecular formula is C30H34ClNO5. The summed E-state index contributed by atoms with van der Waals surface area (Å²) in [6, 6.07) is 11.3. The number of benzene rings is 2. The highest BCUT2D eigenvalue weighted by atomic mass is 35.5. The number of halogens is 1. The zero-order valence-electron chi connectivity index (χ0n) is 21.5. The Balaban J connectivity index is 1.28. The molecule has 5 rings (SSSR count). The van der Waals surface area contributed by atoms with Gasteiger partial charge in [0.25, 0.3) is 0 Å². The molecule has 0 bridgehead atoms. The van der Waals surface area contributed by atoms with E-state index in [1.807, 2.05) is 55.1 Å². The number of ether oxygens (including phenoxy) is 1. The monoisotopic (exact) mass is 523 g/mol. The van der Waals surface area contributed by atoms with Gasteiger partial charge in [0.1, 0.15) is 17.9 Å². The second kappa shape index (κ2) is 10.5. The lowest BCUT2D eigenvalue weighted by molar-refractivity contribution is -0.143. The number of nitrogens with zero attached hydrogens (tertiary/aromatic N) is 1. The number of amides is 1. The fraction of sp³-hybridized carbons (Fsp3) is 0.467. The molecule has 1 aromatic heterocycles. The van der Waals surface area contributed by atoms with Crippen molar-refractivity contribution in [2.75, 3.05) is 13.1 Å². The SMILES string of the molecule is Cc1c(CCC(=O)N2CC[C@@]3(O)CCCC[C@H]3C2)c(=O)oc2c(C)c(OCc3ccc(Cl)cc3)ccc12.